The highest BCUT2D eigenvalue weighted by atomic mass is 16.2. The molecule has 4 N–H and O–H groups in total. The molecule has 0 aliphatic carbocycles. The second-order valence-corrected chi connectivity index (χ2v) is 4.16. The van der Waals surface area contributed by atoms with E-state index in [2.05, 4.69) is 18.3 Å². The first-order chi connectivity index (χ1) is 8.17. The monoisotopic (exact) mass is 233 g/mol. The molecule has 1 aromatic rings. The predicted molar refractivity (Wildman–Crippen MR) is 69.6 cm³/mol. The molecule has 0 aliphatic rings. The summed E-state index contributed by atoms with van der Waals surface area (Å²) in [6, 6.07) is 8.02. The molecule has 0 saturated carbocycles. The van der Waals surface area contributed by atoms with Gasteiger partial charge in [0.25, 0.3) is 0 Å². The molecule has 0 amide bonds. The third-order valence-corrected chi connectivity index (χ3v) is 2.62. The van der Waals surface area contributed by atoms with Crippen LogP contribution in [0.1, 0.15) is 25.3 Å². The molecule has 0 saturated heterocycles. The van der Waals surface area contributed by atoms with Gasteiger partial charge in [-0.2, -0.15) is 5.26 Å². The lowest BCUT2D eigenvalue weighted by Gasteiger charge is -2.15. The van der Waals surface area contributed by atoms with Crippen molar-refractivity contribution in [3.05, 3.63) is 23.8 Å². The highest BCUT2D eigenvalue weighted by molar-refractivity contribution is 5.58. The molecule has 0 radical (unpaired) electrons. The first-order valence-electron chi connectivity index (χ1n) is 5.80. The van der Waals surface area contributed by atoms with E-state index in [1.165, 1.54) is 0 Å². The summed E-state index contributed by atoms with van der Waals surface area (Å²) < 4.78 is 0. The Bertz CT molecular complexity index is 398. The van der Waals surface area contributed by atoms with Crippen molar-refractivity contribution in [3.63, 3.8) is 0 Å². The van der Waals surface area contributed by atoms with Gasteiger partial charge in [0.15, 0.2) is 0 Å². The lowest BCUT2D eigenvalue weighted by molar-refractivity contribution is 0.282. The minimum Gasteiger partial charge on any atom is -0.398 e. The van der Waals surface area contributed by atoms with E-state index in [0.717, 1.165) is 24.1 Å². The maximum absolute atomic E-state index is 8.75. The number of nitrogens with two attached hydrogens (primary N) is 1. The van der Waals surface area contributed by atoms with E-state index in [1.54, 1.807) is 0 Å². The minimum atomic E-state index is 0.216. The Labute approximate surface area is 102 Å². The number of nitrogens with zero attached hydrogens (tertiary/aromatic N) is 1. The fourth-order valence-corrected chi connectivity index (χ4v) is 1.69. The van der Waals surface area contributed by atoms with Gasteiger partial charge in [-0.1, -0.05) is 0 Å². The first-order valence-corrected chi connectivity index (χ1v) is 5.80. The number of benzene rings is 1. The summed E-state index contributed by atoms with van der Waals surface area (Å²) in [5.41, 5.74) is 8.25. The van der Waals surface area contributed by atoms with Crippen LogP contribution in [0.5, 0.6) is 0 Å². The maximum Gasteiger partial charge on any atom is 0.0670 e. The van der Waals surface area contributed by atoms with Crippen LogP contribution in [-0.2, 0) is 6.42 Å². The first kappa shape index (κ1) is 13.3. The van der Waals surface area contributed by atoms with E-state index in [9.17, 15) is 0 Å². The third-order valence-electron chi connectivity index (χ3n) is 2.62. The van der Waals surface area contributed by atoms with Crippen LogP contribution in [0.25, 0.3) is 0 Å². The van der Waals surface area contributed by atoms with Crippen molar-refractivity contribution in [1.82, 2.24) is 0 Å². The van der Waals surface area contributed by atoms with E-state index < -0.39 is 0 Å². The Morgan fingerprint density at radius 3 is 2.94 bits per heavy atom. The number of nitrogens with one attached hydrogen (secondary N) is 1. The van der Waals surface area contributed by atoms with Gasteiger partial charge >= 0.3 is 0 Å². The SMILES string of the molecule is CC(CCCO)Nc1ccc(N)c(CC#N)c1. The van der Waals surface area contributed by atoms with Crippen molar-refractivity contribution < 1.29 is 5.11 Å². The molecule has 0 fully saturated rings. The van der Waals surface area contributed by atoms with Gasteiger partial charge in [-0.3, -0.25) is 0 Å². The molecule has 4 heteroatoms. The average Bonchev–Trinajstić information content (AvgIpc) is 2.31. The summed E-state index contributed by atoms with van der Waals surface area (Å²) in [6.45, 7) is 2.28. The van der Waals surface area contributed by atoms with Crippen LogP contribution in [0.15, 0.2) is 18.2 Å². The van der Waals surface area contributed by atoms with Crippen LogP contribution in [0, 0.1) is 11.3 Å². The standard InChI is InChI=1S/C13H19N3O/c1-10(3-2-8-17)16-12-4-5-13(15)11(9-12)6-7-14/h4-5,9-10,16-17H,2-3,6,8,15H2,1H3. The van der Waals surface area contributed by atoms with E-state index in [1.807, 2.05) is 18.2 Å². The number of nitriles is 1. The molecule has 1 aromatic carbocycles. The fourth-order valence-electron chi connectivity index (χ4n) is 1.69. The van der Waals surface area contributed by atoms with Crippen molar-refractivity contribution in [1.29, 1.82) is 5.26 Å². The molecule has 4 nitrogen and oxygen atoms in total. The topological polar surface area (TPSA) is 82.1 Å². The van der Waals surface area contributed by atoms with Gasteiger partial charge in [-0.25, -0.2) is 0 Å². The summed E-state index contributed by atoms with van der Waals surface area (Å²) in [5.74, 6) is 0. The van der Waals surface area contributed by atoms with E-state index in [4.69, 9.17) is 16.1 Å². The quantitative estimate of drug-likeness (QED) is 0.655. The lowest BCUT2D eigenvalue weighted by Crippen LogP contribution is -2.15. The highest BCUT2D eigenvalue weighted by Gasteiger charge is 2.04. The summed E-state index contributed by atoms with van der Waals surface area (Å²) >= 11 is 0. The summed E-state index contributed by atoms with van der Waals surface area (Å²) in [5, 5.41) is 20.8. The van der Waals surface area contributed by atoms with E-state index >= 15 is 0 Å². The molecule has 0 spiro atoms. The van der Waals surface area contributed by atoms with Crippen LogP contribution in [0.3, 0.4) is 0 Å². The second-order valence-electron chi connectivity index (χ2n) is 4.16. The van der Waals surface area contributed by atoms with Gasteiger partial charge < -0.3 is 16.2 Å². The highest BCUT2D eigenvalue weighted by Crippen LogP contribution is 2.19. The third kappa shape index (κ3) is 4.33. The maximum atomic E-state index is 8.75. The number of hydrogen-bond donors (Lipinski definition) is 3. The predicted octanol–water partition coefficient (Wildman–Crippen LogP) is 1.91. The van der Waals surface area contributed by atoms with Crippen molar-refractivity contribution in [2.45, 2.75) is 32.2 Å². The Morgan fingerprint density at radius 2 is 2.29 bits per heavy atom. The van der Waals surface area contributed by atoms with Crippen LogP contribution in [-0.4, -0.2) is 17.8 Å². The Hall–Kier alpha value is -1.73. The van der Waals surface area contributed by atoms with Gasteiger partial charge in [-0.05, 0) is 43.5 Å². The number of aliphatic hydroxyl groups excluding tert-OH is 1. The zero-order valence-corrected chi connectivity index (χ0v) is 10.1. The van der Waals surface area contributed by atoms with E-state index in [-0.39, 0.29) is 6.61 Å². The molecular weight excluding hydrogens is 214 g/mol. The number of anilines is 2. The zero-order valence-electron chi connectivity index (χ0n) is 10.1. The molecular formula is C13H19N3O. The van der Waals surface area contributed by atoms with Gasteiger partial charge in [0.1, 0.15) is 0 Å². The van der Waals surface area contributed by atoms with Crippen molar-refractivity contribution in [3.8, 4) is 6.07 Å². The zero-order chi connectivity index (χ0) is 12.7. The Kier molecular flexibility index (Phi) is 5.31. The van der Waals surface area contributed by atoms with Gasteiger partial charge in [-0.15, -0.1) is 0 Å². The number of aliphatic hydroxyl groups is 1. The molecule has 92 valence electrons. The van der Waals surface area contributed by atoms with Crippen molar-refractivity contribution in [2.24, 2.45) is 0 Å². The normalized spacial score (nSPS) is 11.8. The van der Waals surface area contributed by atoms with Crippen LogP contribution < -0.4 is 11.1 Å². The van der Waals surface area contributed by atoms with Crippen LogP contribution >= 0.6 is 0 Å². The Morgan fingerprint density at radius 1 is 1.53 bits per heavy atom. The Balaban J connectivity index is 2.65. The average molecular weight is 233 g/mol. The van der Waals surface area contributed by atoms with Gasteiger partial charge in [0.2, 0.25) is 0 Å². The minimum absolute atomic E-state index is 0.216. The number of hydrogen-bond acceptors (Lipinski definition) is 4. The molecule has 1 atom stereocenters. The number of nitrogen functional groups attached to an aromatic ring is 1. The summed E-state index contributed by atoms with van der Waals surface area (Å²) in [6.07, 6.45) is 2.02. The molecule has 17 heavy (non-hydrogen) atoms. The van der Waals surface area contributed by atoms with Crippen LogP contribution in [0.2, 0.25) is 0 Å². The van der Waals surface area contributed by atoms with Crippen molar-refractivity contribution >= 4 is 11.4 Å². The van der Waals surface area contributed by atoms with Gasteiger partial charge in [0.05, 0.1) is 12.5 Å². The molecule has 1 rings (SSSR count). The van der Waals surface area contributed by atoms with Gasteiger partial charge in [0, 0.05) is 24.0 Å². The number of rotatable bonds is 6. The lowest BCUT2D eigenvalue weighted by atomic mass is 10.1. The fraction of sp³-hybridized carbons (Fsp3) is 0.462. The molecule has 0 aliphatic heterocycles. The largest absolute Gasteiger partial charge is 0.398 e. The summed E-state index contributed by atoms with van der Waals surface area (Å²) in [4.78, 5) is 0. The molecule has 0 bridgehead atoms. The smallest absolute Gasteiger partial charge is 0.0670 e. The molecule has 1 unspecified atom stereocenters. The van der Waals surface area contributed by atoms with Crippen LogP contribution in [0.4, 0.5) is 11.4 Å². The molecule has 0 aromatic heterocycles. The van der Waals surface area contributed by atoms with Crippen molar-refractivity contribution in [2.75, 3.05) is 17.7 Å². The second kappa shape index (κ2) is 6.77. The molecule has 0 heterocycles. The summed E-state index contributed by atoms with van der Waals surface area (Å²) in [7, 11) is 0. The van der Waals surface area contributed by atoms with E-state index in [0.29, 0.717) is 18.2 Å².